The van der Waals surface area contributed by atoms with Gasteiger partial charge in [0.2, 0.25) is 0 Å². The van der Waals surface area contributed by atoms with Crippen molar-refractivity contribution in [3.8, 4) is 0 Å². The SMILES string of the molecule is CC(C=O)(Cc1ccccc1)N1CCOCC1. The minimum Gasteiger partial charge on any atom is -0.379 e. The summed E-state index contributed by atoms with van der Waals surface area (Å²) in [5.41, 5.74) is 0.791. The second kappa shape index (κ2) is 5.43. The third-order valence-corrected chi connectivity index (χ3v) is 3.39. The van der Waals surface area contributed by atoms with E-state index >= 15 is 0 Å². The van der Waals surface area contributed by atoms with Crippen LogP contribution in [-0.4, -0.2) is 43.0 Å². The number of morpholine rings is 1. The molecule has 1 saturated heterocycles. The maximum absolute atomic E-state index is 11.4. The van der Waals surface area contributed by atoms with Crippen LogP contribution in [0, 0.1) is 0 Å². The lowest BCUT2D eigenvalue weighted by Crippen LogP contribution is -2.54. The highest BCUT2D eigenvalue weighted by atomic mass is 16.5. The van der Waals surface area contributed by atoms with Crippen molar-refractivity contribution in [2.75, 3.05) is 26.3 Å². The molecule has 0 spiro atoms. The van der Waals surface area contributed by atoms with Gasteiger partial charge in [-0.05, 0) is 18.9 Å². The molecule has 1 heterocycles. The van der Waals surface area contributed by atoms with E-state index in [9.17, 15) is 4.79 Å². The molecule has 17 heavy (non-hydrogen) atoms. The van der Waals surface area contributed by atoms with E-state index in [-0.39, 0.29) is 0 Å². The van der Waals surface area contributed by atoms with Gasteiger partial charge in [0.25, 0.3) is 0 Å². The Labute approximate surface area is 102 Å². The Morgan fingerprint density at radius 1 is 1.29 bits per heavy atom. The van der Waals surface area contributed by atoms with Crippen LogP contribution in [0.1, 0.15) is 12.5 Å². The molecule has 0 aromatic heterocycles. The fraction of sp³-hybridized carbons (Fsp3) is 0.500. The summed E-state index contributed by atoms with van der Waals surface area (Å²) in [6.07, 6.45) is 1.84. The molecule has 0 aliphatic carbocycles. The second-order valence-corrected chi connectivity index (χ2v) is 4.74. The van der Waals surface area contributed by atoms with E-state index in [0.717, 1.165) is 39.0 Å². The summed E-state index contributed by atoms with van der Waals surface area (Å²) in [5, 5.41) is 0. The molecule has 0 radical (unpaired) electrons. The average molecular weight is 233 g/mol. The molecule has 2 rings (SSSR count). The van der Waals surface area contributed by atoms with E-state index in [1.807, 2.05) is 25.1 Å². The van der Waals surface area contributed by atoms with E-state index in [4.69, 9.17) is 4.74 Å². The van der Waals surface area contributed by atoms with Crippen LogP contribution in [0.5, 0.6) is 0 Å². The van der Waals surface area contributed by atoms with Crippen LogP contribution in [0.2, 0.25) is 0 Å². The summed E-state index contributed by atoms with van der Waals surface area (Å²) in [6.45, 7) is 5.12. The smallest absolute Gasteiger partial charge is 0.140 e. The Morgan fingerprint density at radius 2 is 1.94 bits per heavy atom. The van der Waals surface area contributed by atoms with Gasteiger partial charge in [0.1, 0.15) is 6.29 Å². The van der Waals surface area contributed by atoms with E-state index in [0.29, 0.717) is 0 Å². The van der Waals surface area contributed by atoms with Crippen LogP contribution < -0.4 is 0 Å². The van der Waals surface area contributed by atoms with Crippen LogP contribution in [0.25, 0.3) is 0 Å². The van der Waals surface area contributed by atoms with Gasteiger partial charge in [0, 0.05) is 13.1 Å². The molecular formula is C14H19NO2. The number of nitrogens with zero attached hydrogens (tertiary/aromatic N) is 1. The van der Waals surface area contributed by atoms with Crippen molar-refractivity contribution in [3.05, 3.63) is 35.9 Å². The lowest BCUT2D eigenvalue weighted by atomic mass is 9.92. The zero-order valence-corrected chi connectivity index (χ0v) is 10.3. The number of rotatable bonds is 4. The molecule has 1 fully saturated rings. The van der Waals surface area contributed by atoms with Gasteiger partial charge in [0.15, 0.2) is 0 Å². The van der Waals surface area contributed by atoms with Crippen molar-refractivity contribution in [1.82, 2.24) is 4.90 Å². The van der Waals surface area contributed by atoms with Gasteiger partial charge in [-0.25, -0.2) is 0 Å². The van der Waals surface area contributed by atoms with Crippen molar-refractivity contribution < 1.29 is 9.53 Å². The molecule has 1 aromatic rings. The second-order valence-electron chi connectivity index (χ2n) is 4.74. The standard InChI is InChI=1S/C14H19NO2/c1-14(12-16,15-7-9-17-10-8-15)11-13-5-3-2-4-6-13/h2-6,12H,7-11H2,1H3. The summed E-state index contributed by atoms with van der Waals surface area (Å²) >= 11 is 0. The Morgan fingerprint density at radius 3 is 2.53 bits per heavy atom. The molecule has 0 amide bonds. The molecule has 3 nitrogen and oxygen atoms in total. The predicted octanol–water partition coefficient (Wildman–Crippen LogP) is 1.52. The van der Waals surface area contributed by atoms with Gasteiger partial charge in [0.05, 0.1) is 18.8 Å². The van der Waals surface area contributed by atoms with Crippen LogP contribution in [0.4, 0.5) is 0 Å². The summed E-state index contributed by atoms with van der Waals surface area (Å²) in [4.78, 5) is 13.7. The highest BCUT2D eigenvalue weighted by Gasteiger charge is 2.32. The Hall–Kier alpha value is -1.19. The van der Waals surface area contributed by atoms with E-state index in [2.05, 4.69) is 17.0 Å². The minimum absolute atomic E-state index is 0.412. The molecule has 0 N–H and O–H groups in total. The maximum atomic E-state index is 11.4. The maximum Gasteiger partial charge on any atom is 0.140 e. The number of aldehydes is 1. The predicted molar refractivity (Wildman–Crippen MR) is 67.0 cm³/mol. The molecule has 0 saturated carbocycles. The first kappa shape index (κ1) is 12.3. The number of carbonyl (C=O) groups excluding carboxylic acids is 1. The molecule has 1 atom stereocenters. The lowest BCUT2D eigenvalue weighted by molar-refractivity contribution is -0.120. The summed E-state index contributed by atoms with van der Waals surface area (Å²) in [5.74, 6) is 0. The molecule has 92 valence electrons. The fourth-order valence-electron chi connectivity index (χ4n) is 2.31. The molecule has 1 aliphatic heterocycles. The van der Waals surface area contributed by atoms with Crippen LogP contribution in [0.3, 0.4) is 0 Å². The first-order valence-corrected chi connectivity index (χ1v) is 6.08. The molecule has 1 unspecified atom stereocenters. The van der Waals surface area contributed by atoms with Crippen LogP contribution in [0.15, 0.2) is 30.3 Å². The van der Waals surface area contributed by atoms with Crippen molar-refractivity contribution in [2.45, 2.75) is 18.9 Å². The third kappa shape index (κ3) is 2.93. The first-order chi connectivity index (χ1) is 8.24. The zero-order valence-electron chi connectivity index (χ0n) is 10.3. The zero-order chi connectivity index (χ0) is 12.1. The first-order valence-electron chi connectivity index (χ1n) is 6.08. The highest BCUT2D eigenvalue weighted by molar-refractivity contribution is 5.64. The third-order valence-electron chi connectivity index (χ3n) is 3.39. The van der Waals surface area contributed by atoms with Crippen LogP contribution in [-0.2, 0) is 16.0 Å². The van der Waals surface area contributed by atoms with Crippen molar-refractivity contribution in [3.63, 3.8) is 0 Å². The van der Waals surface area contributed by atoms with Crippen molar-refractivity contribution in [2.24, 2.45) is 0 Å². The molecular weight excluding hydrogens is 214 g/mol. The quantitative estimate of drug-likeness (QED) is 0.738. The summed E-state index contributed by atoms with van der Waals surface area (Å²) in [7, 11) is 0. The van der Waals surface area contributed by atoms with Gasteiger partial charge >= 0.3 is 0 Å². The van der Waals surface area contributed by atoms with Crippen molar-refractivity contribution >= 4 is 6.29 Å². The topological polar surface area (TPSA) is 29.5 Å². The van der Waals surface area contributed by atoms with E-state index < -0.39 is 5.54 Å². The minimum atomic E-state index is -0.412. The number of hydrogen-bond donors (Lipinski definition) is 0. The highest BCUT2D eigenvalue weighted by Crippen LogP contribution is 2.20. The largest absolute Gasteiger partial charge is 0.379 e. The molecule has 0 bridgehead atoms. The fourth-order valence-corrected chi connectivity index (χ4v) is 2.31. The van der Waals surface area contributed by atoms with Gasteiger partial charge in [-0.3, -0.25) is 4.90 Å². The van der Waals surface area contributed by atoms with E-state index in [1.54, 1.807) is 0 Å². The Bertz CT molecular complexity index is 360. The molecule has 3 heteroatoms. The Balaban J connectivity index is 2.10. The molecule has 1 aliphatic rings. The summed E-state index contributed by atoms with van der Waals surface area (Å²) < 4.78 is 5.33. The monoisotopic (exact) mass is 233 g/mol. The van der Waals surface area contributed by atoms with Gasteiger partial charge < -0.3 is 9.53 Å². The number of benzene rings is 1. The van der Waals surface area contributed by atoms with Gasteiger partial charge in [-0.15, -0.1) is 0 Å². The number of hydrogen-bond acceptors (Lipinski definition) is 3. The Kier molecular flexibility index (Phi) is 3.92. The molecule has 1 aromatic carbocycles. The lowest BCUT2D eigenvalue weighted by Gasteiger charge is -2.39. The number of ether oxygens (including phenoxy) is 1. The van der Waals surface area contributed by atoms with E-state index in [1.165, 1.54) is 5.56 Å². The number of carbonyl (C=O) groups is 1. The van der Waals surface area contributed by atoms with Gasteiger partial charge in [-0.2, -0.15) is 0 Å². The van der Waals surface area contributed by atoms with Gasteiger partial charge in [-0.1, -0.05) is 30.3 Å². The average Bonchev–Trinajstić information content (AvgIpc) is 2.41. The normalized spacial score (nSPS) is 20.8. The van der Waals surface area contributed by atoms with Crippen molar-refractivity contribution in [1.29, 1.82) is 0 Å². The van der Waals surface area contributed by atoms with Crippen LogP contribution >= 0.6 is 0 Å². The summed E-state index contributed by atoms with van der Waals surface area (Å²) in [6, 6.07) is 10.2.